The lowest BCUT2D eigenvalue weighted by Gasteiger charge is -2.18. The molecule has 0 saturated carbocycles. The van der Waals surface area contributed by atoms with Crippen LogP contribution in [0.3, 0.4) is 0 Å². The van der Waals surface area contributed by atoms with E-state index in [1.807, 2.05) is 6.92 Å². The third-order valence-electron chi connectivity index (χ3n) is 2.27. The van der Waals surface area contributed by atoms with Crippen LogP contribution in [0.4, 0.5) is 0 Å². The molecule has 0 aliphatic carbocycles. The number of likely N-dealkylation sites (N-methyl/N-ethyl adjacent to an activating group) is 1. The molecule has 0 bridgehead atoms. The predicted molar refractivity (Wildman–Crippen MR) is 73.5 cm³/mol. The van der Waals surface area contributed by atoms with Crippen molar-refractivity contribution in [1.82, 2.24) is 4.31 Å². The number of benzene rings is 1. The number of halogens is 1. The minimum atomic E-state index is -3.46. The first-order valence-electron chi connectivity index (χ1n) is 5.12. The Bertz CT molecular complexity index is 537. The maximum absolute atomic E-state index is 12.3. The summed E-state index contributed by atoms with van der Waals surface area (Å²) in [5.41, 5.74) is 1.82. The lowest BCUT2D eigenvalue weighted by Crippen LogP contribution is -2.28. The monoisotopic (exact) mass is 317 g/mol. The molecule has 0 saturated heterocycles. The highest BCUT2D eigenvalue weighted by atomic mass is 79.9. The van der Waals surface area contributed by atoms with Crippen LogP contribution in [-0.4, -0.2) is 26.3 Å². The molecule has 0 radical (unpaired) electrons. The van der Waals surface area contributed by atoms with Crippen molar-refractivity contribution < 1.29 is 8.42 Å². The molecule has 0 heterocycles. The molecule has 0 unspecified atom stereocenters. The molecular weight excluding hydrogens is 302 g/mol. The zero-order valence-electron chi connectivity index (χ0n) is 10.2. The Labute approximate surface area is 111 Å². The highest BCUT2D eigenvalue weighted by Gasteiger charge is 2.22. The zero-order chi connectivity index (χ0) is 13.2. The van der Waals surface area contributed by atoms with Gasteiger partial charge in [0.2, 0.25) is 10.0 Å². The minimum absolute atomic E-state index is 0.284. The van der Waals surface area contributed by atoms with Crippen LogP contribution in [0.25, 0.3) is 0 Å². The second kappa shape index (κ2) is 5.33. The number of hydrogen-bond acceptors (Lipinski definition) is 2. The topological polar surface area (TPSA) is 37.4 Å². The molecule has 94 valence electrons. The first-order valence-corrected chi connectivity index (χ1v) is 7.35. The van der Waals surface area contributed by atoms with Gasteiger partial charge in [0.25, 0.3) is 0 Å². The van der Waals surface area contributed by atoms with Crippen LogP contribution in [-0.2, 0) is 10.0 Å². The Kier molecular flexibility index (Phi) is 4.52. The van der Waals surface area contributed by atoms with Crippen molar-refractivity contribution in [3.8, 4) is 0 Å². The molecule has 1 aromatic carbocycles. The average Bonchev–Trinajstić information content (AvgIpc) is 2.15. The summed E-state index contributed by atoms with van der Waals surface area (Å²) in [6, 6.07) is 5.19. The van der Waals surface area contributed by atoms with E-state index in [1.54, 1.807) is 32.2 Å². The summed E-state index contributed by atoms with van der Waals surface area (Å²) in [6.45, 7) is 7.76. The summed E-state index contributed by atoms with van der Waals surface area (Å²) < 4.78 is 26.4. The summed E-state index contributed by atoms with van der Waals surface area (Å²) in [5.74, 6) is 0. The normalized spacial score (nSPS) is 11.8. The lowest BCUT2D eigenvalue weighted by atomic mass is 10.2. The fraction of sp³-hybridized carbons (Fsp3) is 0.333. The molecule has 0 aliphatic heterocycles. The van der Waals surface area contributed by atoms with Crippen LogP contribution in [0.15, 0.2) is 39.7 Å². The summed E-state index contributed by atoms with van der Waals surface area (Å²) in [6.07, 6.45) is 0. The summed E-state index contributed by atoms with van der Waals surface area (Å²) in [7, 11) is -1.90. The largest absolute Gasteiger partial charge is 0.244 e. The SMILES string of the molecule is C=C(C)CN(C)S(=O)(=O)c1ccc(C)cc1Br. The molecular formula is C12H16BrNO2S. The van der Waals surface area contributed by atoms with Crippen LogP contribution in [0.2, 0.25) is 0 Å². The predicted octanol–water partition coefficient (Wildman–Crippen LogP) is 2.95. The van der Waals surface area contributed by atoms with Gasteiger partial charge in [-0.1, -0.05) is 18.2 Å². The fourth-order valence-electron chi connectivity index (χ4n) is 1.45. The minimum Gasteiger partial charge on any atom is -0.207 e. The standard InChI is InChI=1S/C12H16BrNO2S/c1-9(2)8-14(4)17(15,16)12-6-5-10(3)7-11(12)13/h5-7H,1,8H2,2-4H3. The van der Waals surface area contributed by atoms with Crippen LogP contribution in [0, 0.1) is 6.92 Å². The quantitative estimate of drug-likeness (QED) is 0.801. The number of nitrogens with zero attached hydrogens (tertiary/aromatic N) is 1. The van der Waals surface area contributed by atoms with E-state index in [0.717, 1.165) is 11.1 Å². The maximum Gasteiger partial charge on any atom is 0.244 e. The lowest BCUT2D eigenvalue weighted by molar-refractivity contribution is 0.492. The van der Waals surface area contributed by atoms with E-state index in [9.17, 15) is 8.42 Å². The highest BCUT2D eigenvalue weighted by molar-refractivity contribution is 9.10. The average molecular weight is 318 g/mol. The van der Waals surface area contributed by atoms with E-state index in [2.05, 4.69) is 22.5 Å². The van der Waals surface area contributed by atoms with Gasteiger partial charge >= 0.3 is 0 Å². The Morgan fingerprint density at radius 3 is 2.53 bits per heavy atom. The van der Waals surface area contributed by atoms with E-state index in [4.69, 9.17) is 0 Å². The first kappa shape index (κ1) is 14.4. The van der Waals surface area contributed by atoms with Gasteiger partial charge < -0.3 is 0 Å². The molecule has 0 atom stereocenters. The van der Waals surface area contributed by atoms with E-state index < -0.39 is 10.0 Å². The van der Waals surface area contributed by atoms with Crippen molar-refractivity contribution in [2.75, 3.05) is 13.6 Å². The molecule has 0 aromatic heterocycles. The molecule has 1 rings (SSSR count). The van der Waals surface area contributed by atoms with Crippen molar-refractivity contribution in [3.63, 3.8) is 0 Å². The molecule has 5 heteroatoms. The molecule has 0 spiro atoms. The maximum atomic E-state index is 12.3. The van der Waals surface area contributed by atoms with Crippen LogP contribution >= 0.6 is 15.9 Å². The third kappa shape index (κ3) is 3.40. The first-order chi connectivity index (χ1) is 7.75. The molecule has 17 heavy (non-hydrogen) atoms. The van der Waals surface area contributed by atoms with Crippen LogP contribution in [0.5, 0.6) is 0 Å². The van der Waals surface area contributed by atoms with Crippen molar-refractivity contribution in [3.05, 3.63) is 40.4 Å². The van der Waals surface area contributed by atoms with Gasteiger partial charge in [-0.25, -0.2) is 8.42 Å². The van der Waals surface area contributed by atoms with Gasteiger partial charge in [-0.15, -0.1) is 0 Å². The Balaban J connectivity index is 3.17. The summed E-state index contributed by atoms with van der Waals surface area (Å²) >= 11 is 3.29. The Hall–Kier alpha value is -0.650. The molecule has 0 fully saturated rings. The molecule has 3 nitrogen and oxygen atoms in total. The molecule has 0 amide bonds. The second-order valence-electron chi connectivity index (χ2n) is 4.15. The fourth-order valence-corrected chi connectivity index (χ4v) is 3.83. The molecule has 0 N–H and O–H groups in total. The van der Waals surface area contributed by atoms with E-state index in [1.165, 1.54) is 4.31 Å². The van der Waals surface area contributed by atoms with Crippen molar-refractivity contribution in [1.29, 1.82) is 0 Å². The highest BCUT2D eigenvalue weighted by Crippen LogP contribution is 2.25. The Morgan fingerprint density at radius 1 is 1.47 bits per heavy atom. The van der Waals surface area contributed by atoms with Gasteiger partial charge in [-0.05, 0) is 47.5 Å². The zero-order valence-corrected chi connectivity index (χ0v) is 12.6. The van der Waals surface area contributed by atoms with Gasteiger partial charge in [0.15, 0.2) is 0 Å². The second-order valence-corrected chi connectivity index (χ2v) is 7.02. The number of hydrogen-bond donors (Lipinski definition) is 0. The molecule has 1 aromatic rings. The third-order valence-corrected chi connectivity index (χ3v) is 5.05. The van der Waals surface area contributed by atoms with Gasteiger partial charge in [-0.2, -0.15) is 4.31 Å². The van der Waals surface area contributed by atoms with E-state index >= 15 is 0 Å². The summed E-state index contributed by atoms with van der Waals surface area (Å²) in [4.78, 5) is 0.284. The van der Waals surface area contributed by atoms with E-state index in [0.29, 0.717) is 11.0 Å². The van der Waals surface area contributed by atoms with Crippen LogP contribution < -0.4 is 0 Å². The smallest absolute Gasteiger partial charge is 0.207 e. The van der Waals surface area contributed by atoms with Crippen molar-refractivity contribution >= 4 is 26.0 Å². The number of sulfonamides is 1. The molecule has 0 aliphatic rings. The van der Waals surface area contributed by atoms with Gasteiger partial charge in [-0.3, -0.25) is 0 Å². The summed E-state index contributed by atoms with van der Waals surface area (Å²) in [5, 5.41) is 0. The van der Waals surface area contributed by atoms with Gasteiger partial charge in [0, 0.05) is 18.1 Å². The van der Waals surface area contributed by atoms with Crippen LogP contribution in [0.1, 0.15) is 12.5 Å². The van der Waals surface area contributed by atoms with E-state index in [-0.39, 0.29) is 4.90 Å². The number of rotatable bonds is 4. The Morgan fingerprint density at radius 2 is 2.06 bits per heavy atom. The van der Waals surface area contributed by atoms with Gasteiger partial charge in [0.1, 0.15) is 0 Å². The van der Waals surface area contributed by atoms with Crippen molar-refractivity contribution in [2.24, 2.45) is 0 Å². The van der Waals surface area contributed by atoms with Gasteiger partial charge in [0.05, 0.1) is 4.90 Å². The number of aryl methyl sites for hydroxylation is 1. The van der Waals surface area contributed by atoms with Crippen molar-refractivity contribution in [2.45, 2.75) is 18.7 Å².